The summed E-state index contributed by atoms with van der Waals surface area (Å²) >= 11 is 1.61. The molecule has 0 radical (unpaired) electrons. The largest absolute Gasteiger partial charge is 0.444 e. The van der Waals surface area contributed by atoms with E-state index in [1.807, 2.05) is 37.4 Å². The van der Waals surface area contributed by atoms with Crippen molar-refractivity contribution in [3.63, 3.8) is 0 Å². The number of aryl methyl sites for hydroxylation is 1. The van der Waals surface area contributed by atoms with Crippen LogP contribution < -0.4 is 10.6 Å². The molecule has 0 bridgehead atoms. The van der Waals surface area contributed by atoms with Gasteiger partial charge in [-0.05, 0) is 70.1 Å². The maximum Gasteiger partial charge on any atom is 0.408 e. The highest BCUT2D eigenvalue weighted by atomic mass is 32.2. The van der Waals surface area contributed by atoms with Crippen LogP contribution >= 0.6 is 11.8 Å². The lowest BCUT2D eigenvalue weighted by atomic mass is 9.97. The molecule has 7 nitrogen and oxygen atoms in total. The number of carbonyl (C=O) groups excluding carboxylic acids is 3. The summed E-state index contributed by atoms with van der Waals surface area (Å²) in [5.74, 6) is 0.253. The Morgan fingerprint density at radius 1 is 1.00 bits per heavy atom. The highest BCUT2D eigenvalue weighted by Crippen LogP contribution is 2.27. The Bertz CT molecular complexity index is 856. The van der Waals surface area contributed by atoms with Gasteiger partial charge in [0.15, 0.2) is 0 Å². The number of hydrogen-bond donors (Lipinski definition) is 2. The van der Waals surface area contributed by atoms with Crippen LogP contribution in [0.15, 0.2) is 24.3 Å². The van der Waals surface area contributed by atoms with Crippen LogP contribution in [-0.4, -0.2) is 59.5 Å². The number of unbranched alkanes of at least 4 members (excludes halogenated alkanes) is 5. The Labute approximate surface area is 235 Å². The van der Waals surface area contributed by atoms with E-state index in [4.69, 9.17) is 4.74 Å². The van der Waals surface area contributed by atoms with Crippen LogP contribution in [0.5, 0.6) is 0 Å². The molecule has 8 heteroatoms. The Morgan fingerprint density at radius 3 is 2.26 bits per heavy atom. The zero-order valence-corrected chi connectivity index (χ0v) is 25.5. The normalized spacial score (nSPS) is 12.9. The van der Waals surface area contributed by atoms with Crippen molar-refractivity contribution < 1.29 is 19.1 Å². The van der Waals surface area contributed by atoms with E-state index in [0.717, 1.165) is 56.1 Å². The van der Waals surface area contributed by atoms with Crippen LogP contribution in [0.2, 0.25) is 0 Å². The smallest absolute Gasteiger partial charge is 0.408 e. The van der Waals surface area contributed by atoms with E-state index in [1.54, 1.807) is 37.4 Å². The number of thioether (sulfide) groups is 1. The van der Waals surface area contributed by atoms with Gasteiger partial charge >= 0.3 is 6.09 Å². The maximum absolute atomic E-state index is 14.2. The zero-order valence-electron chi connectivity index (χ0n) is 24.7. The number of alkyl carbamates (subject to hydrolysis) is 1. The fourth-order valence-electron chi connectivity index (χ4n) is 4.22. The van der Waals surface area contributed by atoms with Crippen molar-refractivity contribution in [1.29, 1.82) is 0 Å². The van der Waals surface area contributed by atoms with Gasteiger partial charge < -0.3 is 20.3 Å². The first-order chi connectivity index (χ1) is 18.1. The Balaban J connectivity index is 3.41. The number of benzene rings is 1. The number of amides is 3. The molecule has 0 spiro atoms. The minimum absolute atomic E-state index is 0.185. The lowest BCUT2D eigenvalue weighted by Gasteiger charge is -2.35. The lowest BCUT2D eigenvalue weighted by molar-refractivity contribution is -0.142. The molecule has 0 saturated heterocycles. The van der Waals surface area contributed by atoms with Gasteiger partial charge in [0.2, 0.25) is 11.8 Å². The van der Waals surface area contributed by atoms with Gasteiger partial charge in [-0.15, -0.1) is 0 Å². The molecular formula is C30H51N3O4S. The molecule has 0 saturated carbocycles. The number of hydrogen-bond acceptors (Lipinski definition) is 5. The van der Waals surface area contributed by atoms with Crippen LogP contribution in [0, 0.1) is 6.92 Å². The highest BCUT2D eigenvalue weighted by Gasteiger charge is 2.36. The van der Waals surface area contributed by atoms with Gasteiger partial charge in [-0.25, -0.2) is 4.79 Å². The SMILES string of the molecule is CCCCCCCN(C(=O)C(CCSC)NC(=O)OC(C)(C)C)C(C(=O)NCCCC)c1ccccc1C. The molecule has 1 aromatic rings. The van der Waals surface area contributed by atoms with Crippen molar-refractivity contribution in [3.05, 3.63) is 35.4 Å². The van der Waals surface area contributed by atoms with Crippen LogP contribution in [0.3, 0.4) is 0 Å². The summed E-state index contributed by atoms with van der Waals surface area (Å²) in [7, 11) is 0. The topological polar surface area (TPSA) is 87.7 Å². The molecule has 0 aliphatic carbocycles. The third-order valence-electron chi connectivity index (χ3n) is 6.26. The van der Waals surface area contributed by atoms with Gasteiger partial charge in [0.05, 0.1) is 0 Å². The second kappa shape index (κ2) is 18.1. The average molecular weight is 550 g/mol. The predicted octanol–water partition coefficient (Wildman–Crippen LogP) is 6.40. The first kappa shape index (κ1) is 33.8. The summed E-state index contributed by atoms with van der Waals surface area (Å²) < 4.78 is 5.47. The third-order valence-corrected chi connectivity index (χ3v) is 6.90. The summed E-state index contributed by atoms with van der Waals surface area (Å²) in [6, 6.07) is 6.17. The molecule has 0 aliphatic rings. The molecule has 2 atom stereocenters. The van der Waals surface area contributed by atoms with Gasteiger partial charge in [0.1, 0.15) is 17.7 Å². The fraction of sp³-hybridized carbons (Fsp3) is 0.700. The molecule has 1 aromatic carbocycles. The molecule has 0 heterocycles. The molecule has 1 rings (SSSR count). The minimum Gasteiger partial charge on any atom is -0.444 e. The monoisotopic (exact) mass is 549 g/mol. The molecule has 0 aliphatic heterocycles. The van der Waals surface area contributed by atoms with Gasteiger partial charge in [0.25, 0.3) is 0 Å². The molecule has 0 aromatic heterocycles. The van der Waals surface area contributed by atoms with E-state index in [-0.39, 0.29) is 11.8 Å². The van der Waals surface area contributed by atoms with Gasteiger partial charge in [-0.3, -0.25) is 9.59 Å². The van der Waals surface area contributed by atoms with E-state index in [0.29, 0.717) is 25.3 Å². The number of carbonyl (C=O) groups is 3. The third kappa shape index (κ3) is 12.5. The van der Waals surface area contributed by atoms with Crippen LogP contribution in [-0.2, 0) is 14.3 Å². The van der Waals surface area contributed by atoms with Crippen molar-refractivity contribution in [1.82, 2.24) is 15.5 Å². The van der Waals surface area contributed by atoms with E-state index in [1.165, 1.54) is 0 Å². The fourth-order valence-corrected chi connectivity index (χ4v) is 4.70. The summed E-state index contributed by atoms with van der Waals surface area (Å²) in [6.45, 7) is 12.6. The number of nitrogens with zero attached hydrogens (tertiary/aromatic N) is 1. The minimum atomic E-state index is -0.789. The molecular weight excluding hydrogens is 498 g/mol. The van der Waals surface area contributed by atoms with Crippen LogP contribution in [0.25, 0.3) is 0 Å². The lowest BCUT2D eigenvalue weighted by Crippen LogP contribution is -2.53. The van der Waals surface area contributed by atoms with Crippen molar-refractivity contribution in [3.8, 4) is 0 Å². The number of ether oxygens (including phenoxy) is 1. The van der Waals surface area contributed by atoms with Gasteiger partial charge in [-0.1, -0.05) is 70.2 Å². The van der Waals surface area contributed by atoms with Gasteiger partial charge in [-0.2, -0.15) is 11.8 Å². The first-order valence-corrected chi connectivity index (χ1v) is 15.6. The van der Waals surface area contributed by atoms with E-state index >= 15 is 0 Å². The van der Waals surface area contributed by atoms with Crippen molar-refractivity contribution in [2.24, 2.45) is 0 Å². The van der Waals surface area contributed by atoms with E-state index in [9.17, 15) is 14.4 Å². The molecule has 2 N–H and O–H groups in total. The second-order valence-corrected chi connectivity index (χ2v) is 11.8. The Kier molecular flexibility index (Phi) is 16.1. The van der Waals surface area contributed by atoms with Crippen molar-refractivity contribution in [2.45, 2.75) is 111 Å². The van der Waals surface area contributed by atoms with Crippen molar-refractivity contribution >= 4 is 29.7 Å². The molecule has 3 amide bonds. The first-order valence-electron chi connectivity index (χ1n) is 14.2. The Morgan fingerprint density at radius 2 is 1.66 bits per heavy atom. The number of rotatable bonds is 17. The van der Waals surface area contributed by atoms with Gasteiger partial charge in [0, 0.05) is 13.1 Å². The number of nitrogens with one attached hydrogen (secondary N) is 2. The molecule has 0 fully saturated rings. The van der Waals surface area contributed by atoms with Crippen LogP contribution in [0.1, 0.15) is 103 Å². The standard InChI is InChI=1S/C30H51N3O4S/c1-8-10-12-13-16-21-33(28(35)25(19-22-38-7)32-29(36)37-30(4,5)6)26(27(34)31-20-11-9-2)24-18-15-14-17-23(24)3/h14-15,17-18,25-26H,8-13,16,19-22H2,1-7H3,(H,31,34)(H,32,36). The summed E-state index contributed by atoms with van der Waals surface area (Å²) in [5.41, 5.74) is 1.08. The van der Waals surface area contributed by atoms with E-state index < -0.39 is 23.8 Å². The predicted molar refractivity (Wildman–Crippen MR) is 158 cm³/mol. The molecule has 216 valence electrons. The Hall–Kier alpha value is -2.22. The van der Waals surface area contributed by atoms with Crippen molar-refractivity contribution in [2.75, 3.05) is 25.1 Å². The molecule has 38 heavy (non-hydrogen) atoms. The average Bonchev–Trinajstić information content (AvgIpc) is 2.85. The molecule has 2 unspecified atom stereocenters. The maximum atomic E-state index is 14.2. The van der Waals surface area contributed by atoms with E-state index in [2.05, 4.69) is 24.5 Å². The summed E-state index contributed by atoms with van der Waals surface area (Å²) in [4.78, 5) is 42.3. The highest BCUT2D eigenvalue weighted by molar-refractivity contribution is 7.98. The second-order valence-electron chi connectivity index (χ2n) is 10.8. The quantitative estimate of drug-likeness (QED) is 0.220. The van der Waals surface area contributed by atoms with Crippen LogP contribution in [0.4, 0.5) is 4.79 Å². The summed E-state index contributed by atoms with van der Waals surface area (Å²) in [5, 5.41) is 5.87. The zero-order chi connectivity index (χ0) is 28.6. The summed E-state index contributed by atoms with van der Waals surface area (Å²) in [6.07, 6.45) is 8.75.